The van der Waals surface area contributed by atoms with E-state index < -0.39 is 0 Å². The van der Waals surface area contributed by atoms with E-state index >= 15 is 0 Å². The molecule has 1 aromatic rings. The summed E-state index contributed by atoms with van der Waals surface area (Å²) in [5.41, 5.74) is 1.21. The van der Waals surface area contributed by atoms with Gasteiger partial charge in [-0.05, 0) is 24.1 Å². The number of rotatable bonds is 2. The summed E-state index contributed by atoms with van der Waals surface area (Å²) in [5.74, 6) is -0.153. The molecule has 0 atom stereocenters. The number of hydrogen-bond acceptors (Lipinski definition) is 0. The van der Waals surface area contributed by atoms with Crippen LogP contribution in [0.15, 0.2) is 24.3 Å². The van der Waals surface area contributed by atoms with Crippen LogP contribution in [0.1, 0.15) is 46.6 Å². The van der Waals surface area contributed by atoms with Gasteiger partial charge in [0.25, 0.3) is 0 Å². The molecule has 0 aliphatic rings. The Balaban J connectivity index is -0.000000258. The maximum absolute atomic E-state index is 12.3. The number of aryl methyl sites for hydroxylation is 1. The van der Waals surface area contributed by atoms with E-state index in [-0.39, 0.29) is 11.3 Å². The number of benzene rings is 1. The van der Waals surface area contributed by atoms with Crippen LogP contribution in [0.3, 0.4) is 0 Å². The smallest absolute Gasteiger partial charge is 0.123 e. The average Bonchev–Trinajstić information content (AvgIpc) is 2.28. The van der Waals surface area contributed by atoms with Crippen molar-refractivity contribution in [3.63, 3.8) is 0 Å². The summed E-state index contributed by atoms with van der Waals surface area (Å²) in [7, 11) is 0. The lowest BCUT2D eigenvalue weighted by molar-refractivity contribution is 0.627. The SMILES string of the molecule is CC.CC.CCCc1ccc(F)cc1.O. The molecule has 0 saturated carbocycles. The van der Waals surface area contributed by atoms with Crippen LogP contribution in [0.5, 0.6) is 0 Å². The van der Waals surface area contributed by atoms with Crippen LogP contribution < -0.4 is 0 Å². The zero-order valence-corrected chi connectivity index (χ0v) is 10.6. The lowest BCUT2D eigenvalue weighted by Crippen LogP contribution is -1.81. The van der Waals surface area contributed by atoms with Crippen LogP contribution in [0.2, 0.25) is 0 Å². The molecule has 1 aromatic carbocycles. The highest BCUT2D eigenvalue weighted by Crippen LogP contribution is 2.04. The van der Waals surface area contributed by atoms with Gasteiger partial charge in [0.05, 0.1) is 0 Å². The molecule has 90 valence electrons. The summed E-state index contributed by atoms with van der Waals surface area (Å²) in [6, 6.07) is 6.67. The van der Waals surface area contributed by atoms with Crippen molar-refractivity contribution >= 4 is 0 Å². The summed E-state index contributed by atoms with van der Waals surface area (Å²) in [4.78, 5) is 0. The molecule has 0 radical (unpaired) electrons. The molecule has 0 unspecified atom stereocenters. The van der Waals surface area contributed by atoms with Crippen molar-refractivity contribution in [2.75, 3.05) is 0 Å². The van der Waals surface area contributed by atoms with Crippen LogP contribution in [-0.2, 0) is 6.42 Å². The van der Waals surface area contributed by atoms with Gasteiger partial charge in [0, 0.05) is 0 Å². The van der Waals surface area contributed by atoms with Crippen LogP contribution in [0.25, 0.3) is 0 Å². The molecule has 0 saturated heterocycles. The first kappa shape index (κ1) is 19.6. The standard InChI is InChI=1S/C9H11F.2C2H6.H2O/c1-2-3-8-4-6-9(10)7-5-8;2*1-2;/h4-7H,2-3H2,1H3;2*1-2H3;1H2. The molecule has 0 aromatic heterocycles. The zero-order chi connectivity index (χ0) is 11.4. The van der Waals surface area contributed by atoms with E-state index in [1.807, 2.05) is 39.8 Å². The van der Waals surface area contributed by atoms with E-state index in [2.05, 4.69) is 6.92 Å². The summed E-state index contributed by atoms with van der Waals surface area (Å²) in [6.07, 6.45) is 2.16. The highest BCUT2D eigenvalue weighted by Gasteiger charge is 1.90. The molecular weight excluding hydrogens is 191 g/mol. The third-order valence-corrected chi connectivity index (χ3v) is 1.45. The third-order valence-electron chi connectivity index (χ3n) is 1.45. The Bertz CT molecular complexity index is 194. The molecule has 2 heteroatoms. The van der Waals surface area contributed by atoms with E-state index in [1.54, 1.807) is 0 Å². The van der Waals surface area contributed by atoms with Gasteiger partial charge >= 0.3 is 0 Å². The van der Waals surface area contributed by atoms with Crippen molar-refractivity contribution in [2.24, 2.45) is 0 Å². The van der Waals surface area contributed by atoms with E-state index in [0.29, 0.717) is 0 Å². The number of hydrogen-bond donors (Lipinski definition) is 0. The third kappa shape index (κ3) is 11.0. The van der Waals surface area contributed by atoms with Crippen molar-refractivity contribution in [3.8, 4) is 0 Å². The second-order valence-electron chi connectivity index (χ2n) is 2.38. The Morgan fingerprint density at radius 2 is 1.33 bits per heavy atom. The van der Waals surface area contributed by atoms with Crippen LogP contribution in [0, 0.1) is 5.82 Å². The molecule has 15 heavy (non-hydrogen) atoms. The van der Waals surface area contributed by atoms with Gasteiger partial charge in [-0.15, -0.1) is 0 Å². The van der Waals surface area contributed by atoms with Crippen molar-refractivity contribution in [1.82, 2.24) is 0 Å². The Morgan fingerprint density at radius 1 is 0.933 bits per heavy atom. The topological polar surface area (TPSA) is 31.5 Å². The maximum atomic E-state index is 12.3. The Kier molecular flexibility index (Phi) is 20.4. The molecule has 2 N–H and O–H groups in total. The highest BCUT2D eigenvalue weighted by molar-refractivity contribution is 5.15. The van der Waals surface area contributed by atoms with Gasteiger partial charge in [-0.25, -0.2) is 4.39 Å². The van der Waals surface area contributed by atoms with Crippen LogP contribution >= 0.6 is 0 Å². The Morgan fingerprint density at radius 3 is 1.67 bits per heavy atom. The normalized spacial score (nSPS) is 7.33. The van der Waals surface area contributed by atoms with E-state index in [4.69, 9.17) is 0 Å². The molecule has 0 amide bonds. The fourth-order valence-corrected chi connectivity index (χ4v) is 0.940. The fourth-order valence-electron chi connectivity index (χ4n) is 0.940. The first-order chi connectivity index (χ1) is 6.83. The number of halogens is 1. The highest BCUT2D eigenvalue weighted by atomic mass is 19.1. The monoisotopic (exact) mass is 216 g/mol. The van der Waals surface area contributed by atoms with Crippen molar-refractivity contribution < 1.29 is 9.87 Å². The van der Waals surface area contributed by atoms with Gasteiger partial charge in [0.15, 0.2) is 0 Å². The molecule has 0 heterocycles. The van der Waals surface area contributed by atoms with E-state index in [0.717, 1.165) is 12.8 Å². The molecular formula is C13H25FO. The van der Waals surface area contributed by atoms with Gasteiger partial charge in [-0.3, -0.25) is 0 Å². The van der Waals surface area contributed by atoms with Gasteiger partial charge in [-0.2, -0.15) is 0 Å². The maximum Gasteiger partial charge on any atom is 0.123 e. The van der Waals surface area contributed by atoms with Gasteiger partial charge in [0.2, 0.25) is 0 Å². The largest absolute Gasteiger partial charge is 0.412 e. The Labute approximate surface area is 93.6 Å². The van der Waals surface area contributed by atoms with E-state index in [9.17, 15) is 4.39 Å². The van der Waals surface area contributed by atoms with Crippen LogP contribution in [0.4, 0.5) is 4.39 Å². The molecule has 1 rings (SSSR count). The first-order valence-corrected chi connectivity index (χ1v) is 5.57. The lowest BCUT2D eigenvalue weighted by Gasteiger charge is -1.95. The molecule has 0 bridgehead atoms. The predicted octanol–water partition coefficient (Wildman–Crippen LogP) is 4.01. The average molecular weight is 216 g/mol. The molecule has 0 spiro atoms. The van der Waals surface area contributed by atoms with Gasteiger partial charge in [0.1, 0.15) is 5.82 Å². The fraction of sp³-hybridized carbons (Fsp3) is 0.538. The van der Waals surface area contributed by atoms with Gasteiger partial charge in [-0.1, -0.05) is 53.2 Å². The zero-order valence-electron chi connectivity index (χ0n) is 10.6. The minimum atomic E-state index is -0.153. The summed E-state index contributed by atoms with van der Waals surface area (Å²) in [6.45, 7) is 10.1. The van der Waals surface area contributed by atoms with E-state index in [1.165, 1.54) is 17.7 Å². The minimum Gasteiger partial charge on any atom is -0.412 e. The second kappa shape index (κ2) is 15.6. The summed E-state index contributed by atoms with van der Waals surface area (Å²) in [5, 5.41) is 0. The van der Waals surface area contributed by atoms with Gasteiger partial charge < -0.3 is 5.48 Å². The van der Waals surface area contributed by atoms with Crippen molar-refractivity contribution in [3.05, 3.63) is 35.6 Å². The molecule has 0 fully saturated rings. The Hall–Kier alpha value is -0.890. The van der Waals surface area contributed by atoms with Crippen molar-refractivity contribution in [2.45, 2.75) is 47.5 Å². The quantitative estimate of drug-likeness (QED) is 0.715. The minimum absolute atomic E-state index is 0. The molecule has 0 aliphatic heterocycles. The predicted molar refractivity (Wildman–Crippen MR) is 66.7 cm³/mol. The van der Waals surface area contributed by atoms with Crippen molar-refractivity contribution in [1.29, 1.82) is 0 Å². The second-order valence-corrected chi connectivity index (χ2v) is 2.38. The van der Waals surface area contributed by atoms with Crippen LogP contribution in [-0.4, -0.2) is 5.48 Å². The summed E-state index contributed by atoms with van der Waals surface area (Å²) < 4.78 is 12.3. The first-order valence-electron chi connectivity index (χ1n) is 5.57. The summed E-state index contributed by atoms with van der Waals surface area (Å²) >= 11 is 0. The molecule has 1 nitrogen and oxygen atoms in total. The lowest BCUT2D eigenvalue weighted by atomic mass is 10.1. The molecule has 0 aliphatic carbocycles.